The number of halogens is 2. The molecule has 1 heterocycles. The van der Waals surface area contributed by atoms with Crippen LogP contribution < -0.4 is 10.6 Å². The summed E-state index contributed by atoms with van der Waals surface area (Å²) < 4.78 is 48.1. The highest BCUT2D eigenvalue weighted by Crippen LogP contribution is 2.22. The zero-order valence-electron chi connectivity index (χ0n) is 15.7. The lowest BCUT2D eigenvalue weighted by Crippen LogP contribution is -2.42. The number of carbonyl (C=O) groups excluding carboxylic acids is 1. The van der Waals surface area contributed by atoms with Crippen molar-refractivity contribution in [1.82, 2.24) is 4.90 Å². The highest BCUT2D eigenvalue weighted by Gasteiger charge is 2.26. The van der Waals surface area contributed by atoms with Crippen molar-refractivity contribution in [1.29, 1.82) is 0 Å². The van der Waals surface area contributed by atoms with E-state index in [9.17, 15) is 22.0 Å². The molecule has 0 radical (unpaired) electrons. The quantitative estimate of drug-likeness (QED) is 0.715. The maximum Gasteiger partial charge on any atom is 0.341 e. The van der Waals surface area contributed by atoms with Crippen LogP contribution in [0.2, 0.25) is 0 Å². The summed E-state index contributed by atoms with van der Waals surface area (Å²) in [4.78, 5) is 13.8. The molecule has 1 saturated heterocycles. The maximum atomic E-state index is 12.6. The summed E-state index contributed by atoms with van der Waals surface area (Å²) in [5.41, 5.74) is 1.45. The molecule has 9 heteroatoms. The number of hydrogen-bond donors (Lipinski definition) is 2. The molecule has 0 saturated carbocycles. The molecule has 0 aliphatic carbocycles. The van der Waals surface area contributed by atoms with Gasteiger partial charge in [-0.1, -0.05) is 18.2 Å². The summed E-state index contributed by atoms with van der Waals surface area (Å²) in [6.07, 6.45) is 1.63. The minimum Gasteiger partial charge on any atom is -0.382 e. The molecule has 1 amide bonds. The summed E-state index contributed by atoms with van der Waals surface area (Å²) in [5.74, 6) is -3.48. The number of benzene rings is 2. The van der Waals surface area contributed by atoms with Gasteiger partial charge in [0.1, 0.15) is 0 Å². The average molecular weight is 423 g/mol. The summed E-state index contributed by atoms with van der Waals surface area (Å²) in [6, 6.07) is 14.8. The Bertz CT molecular complexity index is 914. The van der Waals surface area contributed by atoms with Crippen LogP contribution in [-0.2, 0) is 14.6 Å². The first-order valence-electron chi connectivity index (χ1n) is 9.30. The Balaban J connectivity index is 1.45. The van der Waals surface area contributed by atoms with Crippen LogP contribution in [0.15, 0.2) is 59.5 Å². The van der Waals surface area contributed by atoms with E-state index < -0.39 is 20.5 Å². The van der Waals surface area contributed by atoms with Gasteiger partial charge in [-0.05, 0) is 49.2 Å². The van der Waals surface area contributed by atoms with Crippen molar-refractivity contribution in [3.8, 4) is 0 Å². The minimum atomic E-state index is -4.57. The maximum absolute atomic E-state index is 12.6. The van der Waals surface area contributed by atoms with Gasteiger partial charge in [0.15, 0.2) is 0 Å². The Morgan fingerprint density at radius 3 is 2.21 bits per heavy atom. The summed E-state index contributed by atoms with van der Waals surface area (Å²) in [7, 11) is -4.57. The zero-order valence-corrected chi connectivity index (χ0v) is 16.5. The molecule has 0 unspecified atom stereocenters. The molecule has 2 aromatic carbocycles. The van der Waals surface area contributed by atoms with E-state index in [4.69, 9.17) is 0 Å². The molecule has 3 rings (SSSR count). The summed E-state index contributed by atoms with van der Waals surface area (Å²) in [5, 5.41) is 6.16. The molecular formula is C20H23F2N3O3S. The summed E-state index contributed by atoms with van der Waals surface area (Å²) in [6.45, 7) is 1.82. The monoisotopic (exact) mass is 423 g/mol. The zero-order chi connectivity index (χ0) is 20.9. The van der Waals surface area contributed by atoms with Crippen molar-refractivity contribution >= 4 is 27.1 Å². The Hall–Kier alpha value is -2.52. The van der Waals surface area contributed by atoms with Crippen LogP contribution in [0.5, 0.6) is 0 Å². The number of carbonyl (C=O) groups is 1. The Morgan fingerprint density at radius 1 is 1.00 bits per heavy atom. The van der Waals surface area contributed by atoms with E-state index in [-0.39, 0.29) is 11.9 Å². The first kappa shape index (κ1) is 21.2. The fourth-order valence-electron chi connectivity index (χ4n) is 3.24. The molecule has 1 aliphatic heterocycles. The van der Waals surface area contributed by atoms with Gasteiger partial charge in [-0.15, -0.1) is 0 Å². The van der Waals surface area contributed by atoms with Crippen molar-refractivity contribution in [3.63, 3.8) is 0 Å². The molecule has 0 atom stereocenters. The molecule has 1 fully saturated rings. The molecule has 156 valence electrons. The number of alkyl halides is 2. The van der Waals surface area contributed by atoms with Gasteiger partial charge in [-0.25, -0.2) is 8.42 Å². The predicted octanol–water partition coefficient (Wildman–Crippen LogP) is 3.20. The third-order valence-corrected chi connectivity index (χ3v) is 6.20. The minimum absolute atomic E-state index is 0.0570. The van der Waals surface area contributed by atoms with Crippen molar-refractivity contribution in [2.45, 2.75) is 29.5 Å². The van der Waals surface area contributed by atoms with Gasteiger partial charge in [-0.3, -0.25) is 9.69 Å². The van der Waals surface area contributed by atoms with Gasteiger partial charge < -0.3 is 10.6 Å². The second-order valence-corrected chi connectivity index (χ2v) is 8.86. The van der Waals surface area contributed by atoms with E-state index in [1.54, 1.807) is 0 Å². The van der Waals surface area contributed by atoms with Crippen molar-refractivity contribution in [3.05, 3.63) is 54.6 Å². The van der Waals surface area contributed by atoms with Gasteiger partial charge >= 0.3 is 5.76 Å². The number of piperidine rings is 1. The Morgan fingerprint density at radius 2 is 1.62 bits per heavy atom. The first-order chi connectivity index (χ1) is 13.8. The second kappa shape index (κ2) is 9.32. The number of para-hydroxylation sites is 1. The Labute approximate surface area is 168 Å². The van der Waals surface area contributed by atoms with E-state index in [1.165, 1.54) is 24.3 Å². The third-order valence-electron chi connectivity index (χ3n) is 4.80. The average Bonchev–Trinajstić information content (AvgIpc) is 2.70. The molecule has 6 nitrogen and oxygen atoms in total. The molecule has 29 heavy (non-hydrogen) atoms. The number of hydrogen-bond acceptors (Lipinski definition) is 5. The fraction of sp³-hybridized carbons (Fsp3) is 0.350. The fourth-order valence-corrected chi connectivity index (χ4v) is 3.96. The van der Waals surface area contributed by atoms with Gasteiger partial charge in [-0.2, -0.15) is 8.78 Å². The van der Waals surface area contributed by atoms with E-state index in [2.05, 4.69) is 15.5 Å². The van der Waals surface area contributed by atoms with Crippen LogP contribution in [-0.4, -0.2) is 50.7 Å². The van der Waals surface area contributed by atoms with Gasteiger partial charge in [0.05, 0.1) is 11.4 Å². The van der Waals surface area contributed by atoms with Gasteiger partial charge in [0.2, 0.25) is 15.7 Å². The number of likely N-dealkylation sites (tertiary alicyclic amines) is 1. The van der Waals surface area contributed by atoms with Crippen molar-refractivity contribution in [2.75, 3.05) is 30.3 Å². The highest BCUT2D eigenvalue weighted by molar-refractivity contribution is 7.91. The molecular weight excluding hydrogens is 400 g/mol. The molecule has 2 N–H and O–H groups in total. The van der Waals surface area contributed by atoms with Crippen LogP contribution in [0.25, 0.3) is 0 Å². The van der Waals surface area contributed by atoms with E-state index in [1.807, 2.05) is 30.3 Å². The number of nitrogens with zero attached hydrogens (tertiary/aromatic N) is 1. The largest absolute Gasteiger partial charge is 0.382 e. The van der Waals surface area contributed by atoms with E-state index >= 15 is 0 Å². The van der Waals surface area contributed by atoms with E-state index in [0.29, 0.717) is 12.2 Å². The molecule has 0 spiro atoms. The van der Waals surface area contributed by atoms with Crippen LogP contribution in [0.1, 0.15) is 12.8 Å². The lowest BCUT2D eigenvalue weighted by Gasteiger charge is -2.32. The standard InChI is InChI=1S/C20H23F2N3O3S/c21-20(22)29(27,28)18-8-6-16(7-9-18)23-17-10-12-25(13-11-17)14-19(26)24-15-4-2-1-3-5-15/h1-9,17,20,23H,10-14H2,(H,24,26). The van der Waals surface area contributed by atoms with Crippen LogP contribution in [0, 0.1) is 0 Å². The summed E-state index contributed by atoms with van der Waals surface area (Å²) >= 11 is 0. The topological polar surface area (TPSA) is 78.5 Å². The smallest absolute Gasteiger partial charge is 0.341 e. The van der Waals surface area contributed by atoms with Crippen molar-refractivity contribution in [2.24, 2.45) is 0 Å². The van der Waals surface area contributed by atoms with Gasteiger partial charge in [0.25, 0.3) is 0 Å². The number of sulfone groups is 1. The molecule has 2 aromatic rings. The van der Waals surface area contributed by atoms with Crippen molar-refractivity contribution < 1.29 is 22.0 Å². The lowest BCUT2D eigenvalue weighted by molar-refractivity contribution is -0.117. The SMILES string of the molecule is O=C(CN1CCC(Nc2ccc(S(=O)(=O)C(F)F)cc2)CC1)Nc1ccccc1. The molecule has 0 aromatic heterocycles. The number of nitrogens with one attached hydrogen (secondary N) is 2. The van der Waals surface area contributed by atoms with Gasteiger partial charge in [0, 0.05) is 30.5 Å². The Kier molecular flexibility index (Phi) is 6.81. The highest BCUT2D eigenvalue weighted by atomic mass is 32.2. The first-order valence-corrected chi connectivity index (χ1v) is 10.8. The normalized spacial score (nSPS) is 16.0. The van der Waals surface area contributed by atoms with Crippen LogP contribution in [0.3, 0.4) is 0 Å². The molecule has 1 aliphatic rings. The van der Waals surface area contributed by atoms with E-state index in [0.717, 1.165) is 31.6 Å². The molecule has 0 bridgehead atoms. The predicted molar refractivity (Wildman–Crippen MR) is 108 cm³/mol. The number of amides is 1. The second-order valence-electron chi connectivity index (χ2n) is 6.94. The third kappa shape index (κ3) is 5.74. The van der Waals surface area contributed by atoms with Crippen LogP contribution in [0.4, 0.5) is 20.2 Å². The van der Waals surface area contributed by atoms with Crippen LogP contribution >= 0.6 is 0 Å². The number of anilines is 2. The number of rotatable bonds is 7. The lowest BCUT2D eigenvalue weighted by atomic mass is 10.0.